The molecular weight excluding hydrogens is 180 g/mol. The quantitative estimate of drug-likeness (QED) is 0.657. The molecule has 2 fully saturated rings. The zero-order valence-corrected chi connectivity index (χ0v) is 8.37. The average molecular weight is 198 g/mol. The summed E-state index contributed by atoms with van der Waals surface area (Å²) in [6.45, 7) is 1.55. The first-order valence-electron chi connectivity index (χ1n) is 5.39. The van der Waals surface area contributed by atoms with E-state index in [1.807, 2.05) is 0 Å². The Hall–Kier alpha value is -0.610. The predicted octanol–water partition coefficient (Wildman–Crippen LogP) is 0.0189. The minimum absolute atomic E-state index is 0.174. The van der Waals surface area contributed by atoms with Crippen molar-refractivity contribution in [3.05, 3.63) is 0 Å². The fraction of sp³-hybridized carbons (Fsp3) is 0.900. The molecule has 0 aromatic carbocycles. The first kappa shape index (κ1) is 9.93. The van der Waals surface area contributed by atoms with Crippen LogP contribution in [-0.2, 0) is 9.53 Å². The van der Waals surface area contributed by atoms with E-state index in [0.29, 0.717) is 6.04 Å². The number of nitrogens with one attached hydrogen (secondary N) is 1. The van der Waals surface area contributed by atoms with E-state index < -0.39 is 0 Å². The van der Waals surface area contributed by atoms with Crippen LogP contribution >= 0.6 is 0 Å². The van der Waals surface area contributed by atoms with Crippen molar-refractivity contribution in [1.29, 1.82) is 0 Å². The monoisotopic (exact) mass is 198 g/mol. The zero-order valence-electron chi connectivity index (χ0n) is 8.37. The number of nitrogens with two attached hydrogens (primary N) is 1. The minimum atomic E-state index is 0.174. The van der Waals surface area contributed by atoms with Crippen LogP contribution in [0, 0.1) is 5.92 Å². The van der Waals surface area contributed by atoms with Crippen molar-refractivity contribution in [2.45, 2.75) is 37.8 Å². The van der Waals surface area contributed by atoms with Gasteiger partial charge in [0.2, 0.25) is 5.91 Å². The van der Waals surface area contributed by atoms with Crippen molar-refractivity contribution in [2.75, 3.05) is 13.2 Å². The molecule has 0 spiro atoms. The number of carbonyl (C=O) groups excluding carboxylic acids is 1. The second-order valence-corrected chi connectivity index (χ2v) is 4.32. The third kappa shape index (κ3) is 2.25. The number of carbonyl (C=O) groups is 1. The average Bonchev–Trinajstić information content (AvgIpc) is 2.14. The van der Waals surface area contributed by atoms with E-state index in [-0.39, 0.29) is 17.9 Å². The summed E-state index contributed by atoms with van der Waals surface area (Å²) in [4.78, 5) is 11.6. The van der Waals surface area contributed by atoms with Gasteiger partial charge in [-0.15, -0.1) is 0 Å². The van der Waals surface area contributed by atoms with E-state index in [1.54, 1.807) is 0 Å². The first-order chi connectivity index (χ1) is 6.75. The number of amides is 1. The molecule has 2 rings (SSSR count). The summed E-state index contributed by atoms with van der Waals surface area (Å²) in [5, 5.41) is 3.07. The highest BCUT2D eigenvalue weighted by molar-refractivity contribution is 5.80. The van der Waals surface area contributed by atoms with Gasteiger partial charge >= 0.3 is 0 Å². The van der Waals surface area contributed by atoms with Gasteiger partial charge in [0.05, 0.1) is 0 Å². The second-order valence-electron chi connectivity index (χ2n) is 4.32. The van der Waals surface area contributed by atoms with Gasteiger partial charge in [-0.05, 0) is 25.7 Å². The van der Waals surface area contributed by atoms with Gasteiger partial charge in [0, 0.05) is 31.2 Å². The van der Waals surface area contributed by atoms with Gasteiger partial charge in [0.1, 0.15) is 0 Å². The maximum Gasteiger partial charge on any atom is 0.223 e. The smallest absolute Gasteiger partial charge is 0.223 e. The van der Waals surface area contributed by atoms with Crippen LogP contribution < -0.4 is 11.1 Å². The Morgan fingerprint density at radius 1 is 1.29 bits per heavy atom. The lowest BCUT2D eigenvalue weighted by Gasteiger charge is -2.33. The first-order valence-corrected chi connectivity index (χ1v) is 5.39. The van der Waals surface area contributed by atoms with Crippen molar-refractivity contribution < 1.29 is 9.53 Å². The van der Waals surface area contributed by atoms with Crippen LogP contribution in [0.15, 0.2) is 0 Å². The normalized spacial score (nSPS) is 33.5. The lowest BCUT2D eigenvalue weighted by Crippen LogP contribution is -2.48. The van der Waals surface area contributed by atoms with Crippen molar-refractivity contribution >= 4 is 5.91 Å². The molecule has 3 N–H and O–H groups in total. The largest absolute Gasteiger partial charge is 0.381 e. The Labute approximate surface area is 84.2 Å². The Morgan fingerprint density at radius 3 is 2.50 bits per heavy atom. The minimum Gasteiger partial charge on any atom is -0.381 e. The maximum atomic E-state index is 11.6. The Morgan fingerprint density at radius 2 is 1.93 bits per heavy atom. The molecule has 1 aliphatic carbocycles. The molecule has 1 aliphatic heterocycles. The lowest BCUT2D eigenvalue weighted by atomic mass is 9.80. The maximum absolute atomic E-state index is 11.6. The molecule has 0 aromatic heterocycles. The van der Waals surface area contributed by atoms with Crippen LogP contribution in [0.25, 0.3) is 0 Å². The van der Waals surface area contributed by atoms with E-state index in [0.717, 1.165) is 38.9 Å². The van der Waals surface area contributed by atoms with E-state index in [4.69, 9.17) is 10.5 Å². The molecule has 1 heterocycles. The van der Waals surface area contributed by atoms with E-state index in [9.17, 15) is 4.79 Å². The van der Waals surface area contributed by atoms with Crippen molar-refractivity contribution in [3.8, 4) is 0 Å². The number of hydrogen-bond donors (Lipinski definition) is 2. The third-order valence-corrected chi connectivity index (χ3v) is 3.11. The summed E-state index contributed by atoms with van der Waals surface area (Å²) in [6, 6.07) is 0.577. The number of hydrogen-bond acceptors (Lipinski definition) is 3. The van der Waals surface area contributed by atoms with Crippen LogP contribution in [-0.4, -0.2) is 31.2 Å². The van der Waals surface area contributed by atoms with E-state index in [1.165, 1.54) is 0 Å². The van der Waals surface area contributed by atoms with Crippen LogP contribution in [0.2, 0.25) is 0 Å². The Bertz CT molecular complexity index is 208. The highest BCUT2D eigenvalue weighted by Gasteiger charge is 2.32. The Balaban J connectivity index is 1.71. The molecule has 2 aliphatic rings. The molecule has 0 bridgehead atoms. The zero-order chi connectivity index (χ0) is 9.97. The van der Waals surface area contributed by atoms with Crippen LogP contribution in [0.5, 0.6) is 0 Å². The molecule has 0 unspecified atom stereocenters. The van der Waals surface area contributed by atoms with E-state index in [2.05, 4.69) is 5.32 Å². The van der Waals surface area contributed by atoms with Crippen LogP contribution in [0.3, 0.4) is 0 Å². The standard InChI is InChI=1S/C10H18N2O2/c11-8-5-7(6-8)10(13)12-9-1-3-14-4-2-9/h7-9H,1-6,11H2,(H,12,13). The third-order valence-electron chi connectivity index (χ3n) is 3.11. The SMILES string of the molecule is NC1CC(C(=O)NC2CCOCC2)C1. The van der Waals surface area contributed by atoms with Crippen molar-refractivity contribution in [2.24, 2.45) is 11.7 Å². The van der Waals surface area contributed by atoms with Crippen molar-refractivity contribution in [3.63, 3.8) is 0 Å². The second kappa shape index (κ2) is 4.28. The van der Waals surface area contributed by atoms with Gasteiger partial charge in [-0.2, -0.15) is 0 Å². The topological polar surface area (TPSA) is 64.4 Å². The summed E-state index contributed by atoms with van der Waals surface area (Å²) in [5.74, 6) is 0.367. The van der Waals surface area contributed by atoms with Gasteiger partial charge in [0.15, 0.2) is 0 Å². The van der Waals surface area contributed by atoms with Crippen LogP contribution in [0.4, 0.5) is 0 Å². The fourth-order valence-electron chi connectivity index (χ4n) is 2.04. The van der Waals surface area contributed by atoms with E-state index >= 15 is 0 Å². The summed E-state index contributed by atoms with van der Waals surface area (Å²) < 4.78 is 5.23. The predicted molar refractivity (Wildman–Crippen MR) is 52.7 cm³/mol. The summed E-state index contributed by atoms with van der Waals surface area (Å²) >= 11 is 0. The molecule has 1 saturated carbocycles. The van der Waals surface area contributed by atoms with Gasteiger partial charge < -0.3 is 15.8 Å². The molecule has 80 valence electrons. The molecule has 1 saturated heterocycles. The van der Waals surface area contributed by atoms with Crippen LogP contribution in [0.1, 0.15) is 25.7 Å². The highest BCUT2D eigenvalue weighted by atomic mass is 16.5. The number of rotatable bonds is 2. The highest BCUT2D eigenvalue weighted by Crippen LogP contribution is 2.25. The molecular formula is C10H18N2O2. The summed E-state index contributed by atoms with van der Waals surface area (Å²) in [6.07, 6.45) is 3.61. The van der Waals surface area contributed by atoms with Gasteiger partial charge in [-0.25, -0.2) is 0 Å². The van der Waals surface area contributed by atoms with Gasteiger partial charge in [0.25, 0.3) is 0 Å². The summed E-state index contributed by atoms with van der Waals surface area (Å²) in [7, 11) is 0. The van der Waals surface area contributed by atoms with Gasteiger partial charge in [-0.3, -0.25) is 4.79 Å². The van der Waals surface area contributed by atoms with Crippen molar-refractivity contribution in [1.82, 2.24) is 5.32 Å². The molecule has 0 aromatic rings. The number of ether oxygens (including phenoxy) is 1. The van der Waals surface area contributed by atoms with Gasteiger partial charge in [-0.1, -0.05) is 0 Å². The lowest BCUT2D eigenvalue weighted by molar-refractivity contribution is -0.129. The Kier molecular flexibility index (Phi) is 3.03. The summed E-state index contributed by atoms with van der Waals surface area (Å²) in [5.41, 5.74) is 5.64. The molecule has 1 amide bonds. The molecule has 0 radical (unpaired) electrons. The molecule has 14 heavy (non-hydrogen) atoms. The fourth-order valence-corrected chi connectivity index (χ4v) is 2.04. The molecule has 4 heteroatoms. The molecule has 0 atom stereocenters. The molecule has 4 nitrogen and oxygen atoms in total.